The van der Waals surface area contributed by atoms with Crippen LogP contribution in [0.3, 0.4) is 0 Å². The number of nitrogens with zero attached hydrogens (tertiary/aromatic N) is 1. The molecular formula is C16H24N2O. The first-order valence-corrected chi connectivity index (χ1v) is 7.05. The van der Waals surface area contributed by atoms with Crippen molar-refractivity contribution in [2.24, 2.45) is 0 Å². The van der Waals surface area contributed by atoms with Crippen LogP contribution < -0.4 is 5.32 Å². The van der Waals surface area contributed by atoms with Crippen molar-refractivity contribution in [3.63, 3.8) is 0 Å². The van der Waals surface area contributed by atoms with Gasteiger partial charge in [0.1, 0.15) is 0 Å². The topological polar surface area (TPSA) is 32.3 Å². The van der Waals surface area contributed by atoms with Crippen LogP contribution in [-0.2, 0) is 11.2 Å². The molecule has 1 aromatic carbocycles. The number of hydrogen-bond donors (Lipinski definition) is 1. The lowest BCUT2D eigenvalue weighted by atomic mass is 9.89. The predicted molar refractivity (Wildman–Crippen MR) is 78.2 cm³/mol. The minimum Gasteiger partial charge on any atom is -0.342 e. The van der Waals surface area contributed by atoms with Crippen molar-refractivity contribution >= 4 is 5.91 Å². The van der Waals surface area contributed by atoms with E-state index in [4.69, 9.17) is 0 Å². The Kier molecular flexibility index (Phi) is 4.25. The van der Waals surface area contributed by atoms with Crippen LogP contribution in [0.1, 0.15) is 30.9 Å². The summed E-state index contributed by atoms with van der Waals surface area (Å²) in [4.78, 5) is 14.3. The molecule has 19 heavy (non-hydrogen) atoms. The maximum Gasteiger partial charge on any atom is 0.226 e. The highest BCUT2D eigenvalue weighted by Gasteiger charge is 2.30. The van der Waals surface area contributed by atoms with E-state index < -0.39 is 0 Å². The second-order valence-electron chi connectivity index (χ2n) is 5.86. The number of carbonyl (C=O) groups excluding carboxylic acids is 1. The first kappa shape index (κ1) is 14.1. The highest BCUT2D eigenvalue weighted by molar-refractivity contribution is 5.79. The molecule has 0 atom stereocenters. The summed E-state index contributed by atoms with van der Waals surface area (Å²) < 4.78 is 0. The van der Waals surface area contributed by atoms with Crippen molar-refractivity contribution in [2.75, 3.05) is 20.1 Å². The molecule has 0 aromatic heterocycles. The molecular weight excluding hydrogens is 236 g/mol. The van der Waals surface area contributed by atoms with Crippen molar-refractivity contribution in [3.8, 4) is 0 Å². The lowest BCUT2D eigenvalue weighted by molar-refractivity contribution is -0.132. The van der Waals surface area contributed by atoms with Gasteiger partial charge in [0.15, 0.2) is 0 Å². The van der Waals surface area contributed by atoms with Crippen LogP contribution >= 0.6 is 0 Å². The fourth-order valence-electron chi connectivity index (χ4n) is 2.61. The van der Waals surface area contributed by atoms with E-state index in [1.807, 2.05) is 24.1 Å². The van der Waals surface area contributed by atoms with Gasteiger partial charge in [-0.25, -0.2) is 0 Å². The van der Waals surface area contributed by atoms with Gasteiger partial charge >= 0.3 is 0 Å². The molecule has 1 saturated heterocycles. The molecule has 1 fully saturated rings. The molecule has 0 radical (unpaired) electrons. The summed E-state index contributed by atoms with van der Waals surface area (Å²) in [5, 5.41) is 3.36. The Hall–Kier alpha value is -1.35. The molecule has 1 N–H and O–H groups in total. The van der Waals surface area contributed by atoms with E-state index in [1.165, 1.54) is 5.56 Å². The molecule has 1 aliphatic heterocycles. The normalized spacial score (nSPS) is 18.4. The van der Waals surface area contributed by atoms with Crippen LogP contribution in [0.5, 0.6) is 0 Å². The van der Waals surface area contributed by atoms with Gasteiger partial charge in [-0.3, -0.25) is 4.79 Å². The fraction of sp³-hybridized carbons (Fsp3) is 0.562. The van der Waals surface area contributed by atoms with Crippen LogP contribution in [0.2, 0.25) is 0 Å². The van der Waals surface area contributed by atoms with Crippen molar-refractivity contribution < 1.29 is 4.79 Å². The number of likely N-dealkylation sites (tertiary alicyclic amines) is 1. The third kappa shape index (κ3) is 3.57. The second-order valence-corrected chi connectivity index (χ2v) is 5.86. The predicted octanol–water partition coefficient (Wildman–Crippen LogP) is 2.14. The lowest BCUT2D eigenvalue weighted by Gasteiger charge is -2.39. The van der Waals surface area contributed by atoms with Crippen molar-refractivity contribution in [1.82, 2.24) is 10.2 Å². The number of piperidine rings is 1. The third-order valence-electron chi connectivity index (χ3n) is 4.26. The Bertz CT molecular complexity index is 448. The SMILES string of the molecule is CNC1(C)CCN(C(=O)Cc2cccc(C)c2)CC1. The molecule has 0 saturated carbocycles. The molecule has 3 nitrogen and oxygen atoms in total. The van der Waals surface area contributed by atoms with Gasteiger partial charge in [-0.05, 0) is 39.3 Å². The van der Waals surface area contributed by atoms with Gasteiger partial charge < -0.3 is 10.2 Å². The Morgan fingerprint density at radius 2 is 2.05 bits per heavy atom. The number of hydrogen-bond acceptors (Lipinski definition) is 2. The summed E-state index contributed by atoms with van der Waals surface area (Å²) in [6, 6.07) is 8.21. The highest BCUT2D eigenvalue weighted by atomic mass is 16.2. The first-order valence-electron chi connectivity index (χ1n) is 7.05. The Labute approximate surface area is 116 Å². The smallest absolute Gasteiger partial charge is 0.226 e. The van der Waals surface area contributed by atoms with Crippen LogP contribution in [0.15, 0.2) is 24.3 Å². The number of benzene rings is 1. The van der Waals surface area contributed by atoms with Gasteiger partial charge in [-0.1, -0.05) is 29.8 Å². The van der Waals surface area contributed by atoms with Gasteiger partial charge in [0.25, 0.3) is 0 Å². The van der Waals surface area contributed by atoms with Crippen LogP contribution in [0.25, 0.3) is 0 Å². The molecule has 3 heteroatoms. The average molecular weight is 260 g/mol. The summed E-state index contributed by atoms with van der Waals surface area (Å²) in [7, 11) is 2.00. The Morgan fingerprint density at radius 1 is 1.37 bits per heavy atom. The monoisotopic (exact) mass is 260 g/mol. The lowest BCUT2D eigenvalue weighted by Crippen LogP contribution is -2.51. The van der Waals surface area contributed by atoms with Gasteiger partial charge in [0.2, 0.25) is 5.91 Å². The van der Waals surface area contributed by atoms with E-state index in [0.717, 1.165) is 31.5 Å². The highest BCUT2D eigenvalue weighted by Crippen LogP contribution is 2.21. The molecule has 104 valence electrons. The van der Waals surface area contributed by atoms with Crippen molar-refractivity contribution in [1.29, 1.82) is 0 Å². The molecule has 1 amide bonds. The maximum absolute atomic E-state index is 12.3. The van der Waals surface area contributed by atoms with E-state index in [1.54, 1.807) is 0 Å². The fourth-order valence-corrected chi connectivity index (χ4v) is 2.61. The first-order chi connectivity index (χ1) is 9.02. The molecule has 1 heterocycles. The number of carbonyl (C=O) groups is 1. The van der Waals surface area contributed by atoms with E-state index in [-0.39, 0.29) is 11.4 Å². The Balaban J connectivity index is 1.92. The van der Waals surface area contributed by atoms with E-state index >= 15 is 0 Å². The van der Waals surface area contributed by atoms with E-state index in [0.29, 0.717) is 6.42 Å². The zero-order valence-electron chi connectivity index (χ0n) is 12.2. The number of nitrogens with one attached hydrogen (secondary N) is 1. The zero-order valence-corrected chi connectivity index (χ0v) is 12.2. The van der Waals surface area contributed by atoms with Crippen LogP contribution in [0, 0.1) is 6.92 Å². The van der Waals surface area contributed by atoms with Gasteiger partial charge in [-0.2, -0.15) is 0 Å². The largest absolute Gasteiger partial charge is 0.342 e. The molecule has 0 bridgehead atoms. The summed E-state index contributed by atoms with van der Waals surface area (Å²) in [6.07, 6.45) is 2.59. The average Bonchev–Trinajstić information content (AvgIpc) is 2.39. The maximum atomic E-state index is 12.3. The Morgan fingerprint density at radius 3 is 2.63 bits per heavy atom. The van der Waals surface area contributed by atoms with E-state index in [9.17, 15) is 4.79 Å². The summed E-state index contributed by atoms with van der Waals surface area (Å²) in [5.74, 6) is 0.253. The van der Waals surface area contributed by atoms with Crippen molar-refractivity contribution in [2.45, 2.75) is 38.6 Å². The quantitative estimate of drug-likeness (QED) is 0.903. The van der Waals surface area contributed by atoms with E-state index in [2.05, 4.69) is 31.3 Å². The number of aryl methyl sites for hydroxylation is 1. The standard InChI is InChI=1S/C16H24N2O/c1-13-5-4-6-14(11-13)12-15(19)18-9-7-16(2,17-3)8-10-18/h4-6,11,17H,7-10,12H2,1-3H3. The van der Waals surface area contributed by atoms with Gasteiger partial charge in [0.05, 0.1) is 6.42 Å². The summed E-state index contributed by atoms with van der Waals surface area (Å²) in [5.41, 5.74) is 2.53. The second kappa shape index (κ2) is 5.74. The molecule has 1 aromatic rings. The molecule has 0 aliphatic carbocycles. The molecule has 2 rings (SSSR count). The number of amides is 1. The van der Waals surface area contributed by atoms with Gasteiger partial charge in [0, 0.05) is 18.6 Å². The number of rotatable bonds is 3. The molecule has 1 aliphatic rings. The minimum atomic E-state index is 0.195. The molecule has 0 unspecified atom stereocenters. The van der Waals surface area contributed by atoms with Crippen LogP contribution in [-0.4, -0.2) is 36.5 Å². The zero-order chi connectivity index (χ0) is 13.9. The van der Waals surface area contributed by atoms with Crippen molar-refractivity contribution in [3.05, 3.63) is 35.4 Å². The minimum absolute atomic E-state index is 0.195. The van der Waals surface area contributed by atoms with Gasteiger partial charge in [-0.15, -0.1) is 0 Å². The van der Waals surface area contributed by atoms with Crippen LogP contribution in [0.4, 0.5) is 0 Å². The third-order valence-corrected chi connectivity index (χ3v) is 4.26. The summed E-state index contributed by atoms with van der Waals surface area (Å²) in [6.45, 7) is 6.02. The summed E-state index contributed by atoms with van der Waals surface area (Å²) >= 11 is 0. The molecule has 0 spiro atoms.